The molecule has 0 saturated heterocycles. The van der Waals surface area contributed by atoms with Gasteiger partial charge in [0.2, 0.25) is 0 Å². The molecule has 1 N–H and O–H groups in total. The van der Waals surface area contributed by atoms with Gasteiger partial charge in [-0.1, -0.05) is 35.4 Å². The minimum atomic E-state index is -0.111. The van der Waals surface area contributed by atoms with E-state index in [2.05, 4.69) is 42.3 Å². The van der Waals surface area contributed by atoms with Crippen molar-refractivity contribution in [2.75, 3.05) is 6.54 Å². The number of carbonyl (C=O) groups excluding carboxylic acids is 1. The molecule has 0 bridgehead atoms. The average Bonchev–Trinajstić information content (AvgIpc) is 2.46. The van der Waals surface area contributed by atoms with Crippen LogP contribution in [0.1, 0.15) is 33.5 Å². The zero-order valence-electron chi connectivity index (χ0n) is 12.3. The Balaban J connectivity index is 1.79. The second-order valence-electron chi connectivity index (χ2n) is 5.16. The third-order valence-corrected chi connectivity index (χ3v) is 3.62. The summed E-state index contributed by atoms with van der Waals surface area (Å²) in [7, 11) is 0. The maximum absolute atomic E-state index is 11.9. The Morgan fingerprint density at radius 1 is 1.24 bits per heavy atom. The van der Waals surface area contributed by atoms with Gasteiger partial charge in [0.1, 0.15) is 5.15 Å². The molecular weight excluding hydrogens is 284 g/mol. The summed E-state index contributed by atoms with van der Waals surface area (Å²) in [5.74, 6) is -0.111. The van der Waals surface area contributed by atoms with E-state index in [9.17, 15) is 4.79 Å². The number of hydrogen-bond donors (Lipinski definition) is 1. The normalized spacial score (nSPS) is 10.4. The van der Waals surface area contributed by atoms with Gasteiger partial charge in [-0.3, -0.25) is 4.79 Å². The van der Waals surface area contributed by atoms with Crippen molar-refractivity contribution in [2.24, 2.45) is 0 Å². The molecule has 21 heavy (non-hydrogen) atoms. The predicted molar refractivity (Wildman–Crippen MR) is 85.8 cm³/mol. The summed E-state index contributed by atoms with van der Waals surface area (Å²) in [6, 6.07) is 9.77. The Hall–Kier alpha value is -1.87. The summed E-state index contributed by atoms with van der Waals surface area (Å²) in [4.78, 5) is 15.8. The van der Waals surface area contributed by atoms with E-state index in [1.807, 2.05) is 0 Å². The van der Waals surface area contributed by atoms with Crippen LogP contribution in [0.25, 0.3) is 0 Å². The average molecular weight is 303 g/mol. The van der Waals surface area contributed by atoms with Gasteiger partial charge in [-0.15, -0.1) is 0 Å². The maximum Gasteiger partial charge on any atom is 0.252 e. The molecule has 0 fully saturated rings. The molecule has 1 amide bonds. The van der Waals surface area contributed by atoms with Crippen LogP contribution in [-0.4, -0.2) is 17.4 Å². The molecule has 1 heterocycles. The van der Waals surface area contributed by atoms with Crippen LogP contribution in [0.4, 0.5) is 0 Å². The first-order valence-corrected chi connectivity index (χ1v) is 7.40. The lowest BCUT2D eigenvalue weighted by Gasteiger charge is -2.08. The van der Waals surface area contributed by atoms with Gasteiger partial charge in [0.25, 0.3) is 5.91 Å². The highest BCUT2D eigenvalue weighted by Crippen LogP contribution is 2.12. The minimum Gasteiger partial charge on any atom is -0.352 e. The third-order valence-electron chi connectivity index (χ3n) is 3.40. The zero-order valence-corrected chi connectivity index (χ0v) is 13.1. The quantitative estimate of drug-likeness (QED) is 0.675. The lowest BCUT2D eigenvalue weighted by molar-refractivity contribution is 0.0953. The van der Waals surface area contributed by atoms with Crippen LogP contribution in [0.2, 0.25) is 5.15 Å². The number of nitrogens with zero attached hydrogens (tertiary/aromatic N) is 1. The maximum atomic E-state index is 11.9. The van der Waals surface area contributed by atoms with Crippen molar-refractivity contribution in [3.8, 4) is 0 Å². The first-order valence-electron chi connectivity index (χ1n) is 7.02. The number of aromatic nitrogens is 1. The fourth-order valence-corrected chi connectivity index (χ4v) is 2.33. The number of aryl methyl sites for hydroxylation is 3. The van der Waals surface area contributed by atoms with Gasteiger partial charge in [0.15, 0.2) is 0 Å². The smallest absolute Gasteiger partial charge is 0.252 e. The van der Waals surface area contributed by atoms with Gasteiger partial charge < -0.3 is 5.32 Å². The van der Waals surface area contributed by atoms with E-state index in [4.69, 9.17) is 11.6 Å². The van der Waals surface area contributed by atoms with Crippen molar-refractivity contribution in [3.63, 3.8) is 0 Å². The first-order chi connectivity index (χ1) is 10.1. The molecule has 0 spiro atoms. The summed E-state index contributed by atoms with van der Waals surface area (Å²) >= 11 is 5.69. The molecule has 0 unspecified atom stereocenters. The van der Waals surface area contributed by atoms with Crippen LogP contribution in [-0.2, 0) is 6.42 Å². The zero-order chi connectivity index (χ0) is 15.2. The van der Waals surface area contributed by atoms with Crippen molar-refractivity contribution in [1.29, 1.82) is 0 Å². The molecule has 110 valence electrons. The third kappa shape index (κ3) is 4.57. The van der Waals surface area contributed by atoms with Gasteiger partial charge in [0, 0.05) is 12.7 Å². The molecule has 0 aliphatic rings. The monoisotopic (exact) mass is 302 g/mol. The van der Waals surface area contributed by atoms with E-state index < -0.39 is 0 Å². The highest BCUT2D eigenvalue weighted by atomic mass is 35.5. The number of rotatable bonds is 5. The summed E-state index contributed by atoms with van der Waals surface area (Å²) in [5, 5.41) is 3.29. The molecule has 0 aliphatic carbocycles. The summed E-state index contributed by atoms with van der Waals surface area (Å²) in [5.41, 5.74) is 4.46. The van der Waals surface area contributed by atoms with Crippen LogP contribution >= 0.6 is 11.6 Å². The van der Waals surface area contributed by atoms with Gasteiger partial charge in [-0.2, -0.15) is 0 Å². The molecule has 2 aromatic rings. The lowest BCUT2D eigenvalue weighted by Crippen LogP contribution is -2.24. The van der Waals surface area contributed by atoms with E-state index in [1.54, 1.807) is 12.1 Å². The number of pyridine rings is 1. The molecule has 0 radical (unpaired) electrons. The fourth-order valence-electron chi connectivity index (χ4n) is 2.22. The van der Waals surface area contributed by atoms with Crippen molar-refractivity contribution in [1.82, 2.24) is 10.3 Å². The van der Waals surface area contributed by atoms with E-state index in [0.29, 0.717) is 17.3 Å². The molecule has 1 aromatic heterocycles. The minimum absolute atomic E-state index is 0.111. The van der Waals surface area contributed by atoms with Gasteiger partial charge >= 0.3 is 0 Å². The SMILES string of the molecule is Cc1ccc(CCCNC(=O)c2ccc(Cl)nc2)c(C)c1. The second kappa shape index (κ2) is 7.23. The molecular formula is C17H19ClN2O. The van der Waals surface area contributed by atoms with E-state index >= 15 is 0 Å². The Kier molecular flexibility index (Phi) is 5.34. The number of benzene rings is 1. The van der Waals surface area contributed by atoms with Crippen LogP contribution in [0.15, 0.2) is 36.5 Å². The van der Waals surface area contributed by atoms with Crippen molar-refractivity contribution >= 4 is 17.5 Å². The second-order valence-corrected chi connectivity index (χ2v) is 5.55. The molecule has 3 nitrogen and oxygen atoms in total. The summed E-state index contributed by atoms with van der Waals surface area (Å²) in [6.07, 6.45) is 3.36. The van der Waals surface area contributed by atoms with Crippen LogP contribution in [0.5, 0.6) is 0 Å². The highest BCUT2D eigenvalue weighted by molar-refractivity contribution is 6.29. The first kappa shape index (κ1) is 15.5. The fraction of sp³-hybridized carbons (Fsp3) is 0.294. The predicted octanol–water partition coefficient (Wildman–Crippen LogP) is 3.71. The molecule has 0 aliphatic heterocycles. The molecule has 0 atom stereocenters. The van der Waals surface area contributed by atoms with Gasteiger partial charge in [-0.05, 0) is 49.9 Å². The Morgan fingerprint density at radius 2 is 2.05 bits per heavy atom. The molecule has 1 aromatic carbocycles. The Morgan fingerprint density at radius 3 is 2.71 bits per heavy atom. The number of amides is 1. The molecule has 4 heteroatoms. The standard InChI is InChI=1S/C17H19ClN2O/c1-12-5-6-14(13(2)10-12)4-3-9-19-17(21)15-7-8-16(18)20-11-15/h5-8,10-11H,3-4,9H2,1-2H3,(H,19,21). The van der Waals surface area contributed by atoms with Crippen LogP contribution in [0.3, 0.4) is 0 Å². The van der Waals surface area contributed by atoms with E-state index in [-0.39, 0.29) is 5.91 Å². The molecule has 2 rings (SSSR count). The number of carbonyl (C=O) groups is 1. The molecule has 0 saturated carbocycles. The van der Waals surface area contributed by atoms with Crippen molar-refractivity contribution < 1.29 is 4.79 Å². The Bertz CT molecular complexity index is 623. The van der Waals surface area contributed by atoms with Crippen molar-refractivity contribution in [3.05, 3.63) is 63.9 Å². The van der Waals surface area contributed by atoms with Crippen molar-refractivity contribution in [2.45, 2.75) is 26.7 Å². The van der Waals surface area contributed by atoms with Crippen LogP contribution in [0, 0.1) is 13.8 Å². The number of halogens is 1. The largest absolute Gasteiger partial charge is 0.352 e. The van der Waals surface area contributed by atoms with E-state index in [1.165, 1.54) is 22.9 Å². The van der Waals surface area contributed by atoms with Gasteiger partial charge in [0.05, 0.1) is 5.56 Å². The highest BCUT2D eigenvalue weighted by Gasteiger charge is 2.05. The summed E-state index contributed by atoms with van der Waals surface area (Å²) < 4.78 is 0. The van der Waals surface area contributed by atoms with Gasteiger partial charge in [-0.25, -0.2) is 4.98 Å². The number of hydrogen-bond acceptors (Lipinski definition) is 2. The van der Waals surface area contributed by atoms with Crippen LogP contribution < -0.4 is 5.32 Å². The van der Waals surface area contributed by atoms with E-state index in [0.717, 1.165) is 12.8 Å². The topological polar surface area (TPSA) is 42.0 Å². The number of nitrogens with one attached hydrogen (secondary N) is 1. The summed E-state index contributed by atoms with van der Waals surface area (Å²) in [6.45, 7) is 4.87. The lowest BCUT2D eigenvalue weighted by atomic mass is 10.0. The Labute approximate surface area is 130 Å².